The summed E-state index contributed by atoms with van der Waals surface area (Å²) in [4.78, 5) is 11.7. The van der Waals surface area contributed by atoms with Crippen LogP contribution < -0.4 is 5.32 Å². The SMILES string of the molecule is CC(=O)c1ccc2c(c1)C1C=CCC1C(c1cc(O)c(O)cc1Br)N2. The second kappa shape index (κ2) is 5.92. The van der Waals surface area contributed by atoms with E-state index in [2.05, 4.69) is 33.4 Å². The van der Waals surface area contributed by atoms with E-state index in [1.807, 2.05) is 18.2 Å². The van der Waals surface area contributed by atoms with Crippen LogP contribution in [0.1, 0.15) is 46.8 Å². The van der Waals surface area contributed by atoms with Crippen molar-refractivity contribution in [2.75, 3.05) is 5.32 Å². The van der Waals surface area contributed by atoms with Crippen molar-refractivity contribution in [2.24, 2.45) is 5.92 Å². The topological polar surface area (TPSA) is 69.6 Å². The number of carbonyl (C=O) groups is 1. The zero-order valence-electron chi connectivity index (χ0n) is 13.7. The molecular formula is C20H18BrNO3. The van der Waals surface area contributed by atoms with Crippen molar-refractivity contribution in [2.45, 2.75) is 25.3 Å². The van der Waals surface area contributed by atoms with Crippen molar-refractivity contribution in [3.05, 3.63) is 63.6 Å². The molecule has 2 aromatic rings. The smallest absolute Gasteiger partial charge is 0.159 e. The summed E-state index contributed by atoms with van der Waals surface area (Å²) in [6, 6.07) is 8.91. The number of halogens is 1. The highest BCUT2D eigenvalue weighted by atomic mass is 79.9. The molecule has 0 radical (unpaired) electrons. The van der Waals surface area contributed by atoms with E-state index in [1.54, 1.807) is 13.0 Å². The highest BCUT2D eigenvalue weighted by Crippen LogP contribution is 2.51. The van der Waals surface area contributed by atoms with Crippen LogP contribution in [0.15, 0.2) is 47.0 Å². The van der Waals surface area contributed by atoms with Crippen molar-refractivity contribution < 1.29 is 15.0 Å². The van der Waals surface area contributed by atoms with Gasteiger partial charge in [-0.25, -0.2) is 0 Å². The van der Waals surface area contributed by atoms with E-state index in [1.165, 1.54) is 6.07 Å². The number of aromatic hydroxyl groups is 2. The number of phenols is 2. The van der Waals surface area contributed by atoms with Gasteiger partial charge in [0.1, 0.15) is 0 Å². The summed E-state index contributed by atoms with van der Waals surface area (Å²) in [5.41, 5.74) is 3.78. The Morgan fingerprint density at radius 1 is 1.16 bits per heavy atom. The molecule has 128 valence electrons. The molecule has 0 amide bonds. The Morgan fingerprint density at radius 2 is 1.92 bits per heavy atom. The monoisotopic (exact) mass is 399 g/mol. The van der Waals surface area contributed by atoms with Crippen LogP contribution in [-0.2, 0) is 0 Å². The molecule has 3 atom stereocenters. The number of phenolic OH excluding ortho intramolecular Hbond substituents is 2. The number of carbonyl (C=O) groups excluding carboxylic acids is 1. The number of anilines is 1. The first-order valence-electron chi connectivity index (χ1n) is 8.25. The average molecular weight is 400 g/mol. The van der Waals surface area contributed by atoms with Gasteiger partial charge in [-0.05, 0) is 60.7 Å². The summed E-state index contributed by atoms with van der Waals surface area (Å²) in [5, 5.41) is 23.2. The Hall–Kier alpha value is -2.27. The number of rotatable bonds is 2. The molecular weight excluding hydrogens is 382 g/mol. The maximum absolute atomic E-state index is 11.7. The van der Waals surface area contributed by atoms with E-state index in [4.69, 9.17) is 0 Å². The first-order valence-corrected chi connectivity index (χ1v) is 9.04. The van der Waals surface area contributed by atoms with E-state index in [9.17, 15) is 15.0 Å². The molecule has 25 heavy (non-hydrogen) atoms. The van der Waals surface area contributed by atoms with Gasteiger partial charge in [0.25, 0.3) is 0 Å². The lowest BCUT2D eigenvalue weighted by Gasteiger charge is -2.38. The third-order valence-corrected chi connectivity index (χ3v) is 5.88. The molecule has 5 heteroatoms. The fourth-order valence-electron chi connectivity index (χ4n) is 3.93. The molecule has 0 aromatic heterocycles. The number of Topliss-reactive ketones (excluding diaryl/α,β-unsaturated/α-hetero) is 1. The third-order valence-electron chi connectivity index (χ3n) is 5.20. The number of hydrogen-bond donors (Lipinski definition) is 3. The summed E-state index contributed by atoms with van der Waals surface area (Å²) in [7, 11) is 0. The van der Waals surface area contributed by atoms with Gasteiger partial charge >= 0.3 is 0 Å². The van der Waals surface area contributed by atoms with Gasteiger partial charge < -0.3 is 15.5 Å². The highest BCUT2D eigenvalue weighted by molar-refractivity contribution is 9.10. The Morgan fingerprint density at radius 3 is 2.68 bits per heavy atom. The number of nitrogens with one attached hydrogen (secondary N) is 1. The van der Waals surface area contributed by atoms with Crippen LogP contribution in [0.3, 0.4) is 0 Å². The van der Waals surface area contributed by atoms with Crippen molar-refractivity contribution in [1.29, 1.82) is 0 Å². The number of fused-ring (bicyclic) bond motifs is 3. The molecule has 0 saturated carbocycles. The van der Waals surface area contributed by atoms with E-state index in [-0.39, 0.29) is 35.2 Å². The molecule has 3 unspecified atom stereocenters. The molecule has 0 saturated heterocycles. The molecule has 2 aliphatic rings. The summed E-state index contributed by atoms with van der Waals surface area (Å²) >= 11 is 3.51. The van der Waals surface area contributed by atoms with Gasteiger partial charge in [-0.15, -0.1) is 0 Å². The fourth-order valence-corrected chi connectivity index (χ4v) is 4.51. The average Bonchev–Trinajstić information content (AvgIpc) is 3.07. The highest BCUT2D eigenvalue weighted by Gasteiger charge is 2.39. The Labute approximate surface area is 154 Å². The molecule has 0 spiro atoms. The quantitative estimate of drug-likeness (QED) is 0.382. The van der Waals surface area contributed by atoms with Crippen LogP contribution in [0.5, 0.6) is 11.5 Å². The molecule has 4 rings (SSSR count). The van der Waals surface area contributed by atoms with Gasteiger partial charge in [0.05, 0.1) is 6.04 Å². The molecule has 2 aromatic carbocycles. The van der Waals surface area contributed by atoms with Crippen molar-refractivity contribution >= 4 is 27.4 Å². The van der Waals surface area contributed by atoms with Crippen molar-refractivity contribution in [3.8, 4) is 11.5 Å². The first-order chi connectivity index (χ1) is 12.0. The first kappa shape index (κ1) is 16.2. The van der Waals surface area contributed by atoms with Gasteiger partial charge in [0, 0.05) is 21.6 Å². The third kappa shape index (κ3) is 2.63. The molecule has 1 aliphatic heterocycles. The maximum Gasteiger partial charge on any atom is 0.159 e. The zero-order chi connectivity index (χ0) is 17.7. The summed E-state index contributed by atoms with van der Waals surface area (Å²) in [6.45, 7) is 1.58. The van der Waals surface area contributed by atoms with Gasteiger partial charge in [-0.1, -0.05) is 28.1 Å². The molecule has 1 heterocycles. The number of benzene rings is 2. The van der Waals surface area contributed by atoms with Gasteiger partial charge in [-0.3, -0.25) is 4.79 Å². The lowest BCUT2D eigenvalue weighted by Crippen LogP contribution is -2.29. The van der Waals surface area contributed by atoms with Crippen LogP contribution in [0.25, 0.3) is 0 Å². The van der Waals surface area contributed by atoms with Crippen LogP contribution in [0.4, 0.5) is 5.69 Å². The van der Waals surface area contributed by atoms with E-state index in [0.29, 0.717) is 0 Å². The fraction of sp³-hybridized carbons (Fsp3) is 0.250. The largest absolute Gasteiger partial charge is 0.504 e. The molecule has 4 nitrogen and oxygen atoms in total. The predicted octanol–water partition coefficient (Wildman–Crippen LogP) is 4.89. The Balaban J connectivity index is 1.81. The normalized spacial score (nSPS) is 23.7. The van der Waals surface area contributed by atoms with Crippen LogP contribution in [-0.4, -0.2) is 16.0 Å². The standard InChI is InChI=1S/C20H18BrNO3/c1-10(23)11-5-6-17-14(7-11)12-3-2-4-13(12)20(22-17)15-8-18(24)19(25)9-16(15)21/h2-3,5-9,12-13,20,22,24-25H,4H2,1H3. The molecule has 0 bridgehead atoms. The van der Waals surface area contributed by atoms with E-state index >= 15 is 0 Å². The number of allylic oxidation sites excluding steroid dienone is 2. The van der Waals surface area contributed by atoms with Gasteiger partial charge in [0.2, 0.25) is 0 Å². The minimum absolute atomic E-state index is 0.00319. The summed E-state index contributed by atoms with van der Waals surface area (Å²) in [5.74, 6) is 0.312. The molecule has 1 aliphatic carbocycles. The van der Waals surface area contributed by atoms with E-state index < -0.39 is 0 Å². The van der Waals surface area contributed by atoms with Crippen molar-refractivity contribution in [1.82, 2.24) is 0 Å². The van der Waals surface area contributed by atoms with Gasteiger partial charge in [0.15, 0.2) is 17.3 Å². The Kier molecular flexibility index (Phi) is 3.84. The van der Waals surface area contributed by atoms with Crippen LogP contribution in [0, 0.1) is 5.92 Å². The summed E-state index contributed by atoms with van der Waals surface area (Å²) < 4.78 is 0.759. The second-order valence-electron chi connectivity index (χ2n) is 6.70. The lowest BCUT2D eigenvalue weighted by molar-refractivity contribution is 0.101. The molecule has 0 fully saturated rings. The minimum atomic E-state index is -0.140. The van der Waals surface area contributed by atoms with Gasteiger partial charge in [-0.2, -0.15) is 0 Å². The lowest BCUT2D eigenvalue weighted by atomic mass is 9.76. The van der Waals surface area contributed by atoms with Crippen LogP contribution >= 0.6 is 15.9 Å². The predicted molar refractivity (Wildman–Crippen MR) is 100 cm³/mol. The van der Waals surface area contributed by atoms with Crippen LogP contribution in [0.2, 0.25) is 0 Å². The maximum atomic E-state index is 11.7. The second-order valence-corrected chi connectivity index (χ2v) is 7.55. The number of ketones is 1. The van der Waals surface area contributed by atoms with Crippen molar-refractivity contribution in [3.63, 3.8) is 0 Å². The minimum Gasteiger partial charge on any atom is -0.504 e. The molecule has 3 N–H and O–H groups in total. The number of hydrogen-bond acceptors (Lipinski definition) is 4. The zero-order valence-corrected chi connectivity index (χ0v) is 15.2. The Bertz CT molecular complexity index is 906. The summed E-state index contributed by atoms with van der Waals surface area (Å²) in [6.07, 6.45) is 5.29. The van der Waals surface area contributed by atoms with E-state index in [0.717, 1.165) is 33.3 Å².